The van der Waals surface area contributed by atoms with Gasteiger partial charge in [0.2, 0.25) is 16.8 Å². The Bertz CT molecular complexity index is 1050. The highest BCUT2D eigenvalue weighted by Gasteiger charge is 2.30. The van der Waals surface area contributed by atoms with Crippen LogP contribution in [0.4, 0.5) is 17.1 Å². The third kappa shape index (κ3) is 3.85. The summed E-state index contributed by atoms with van der Waals surface area (Å²) in [6.07, 6.45) is 1.57. The molecule has 2 aliphatic heterocycles. The minimum Gasteiger partial charge on any atom is -0.454 e. The number of fused-ring (bicyclic) bond motifs is 1. The molecule has 0 atom stereocenters. The molecule has 0 aromatic heterocycles. The summed E-state index contributed by atoms with van der Waals surface area (Å²) in [5.41, 5.74) is 0.451. The van der Waals surface area contributed by atoms with Gasteiger partial charge in [-0.1, -0.05) is 6.92 Å². The topological polar surface area (TPSA) is 111 Å². The maximum atomic E-state index is 12.9. The fourth-order valence-electron chi connectivity index (χ4n) is 3.43. The van der Waals surface area contributed by atoms with E-state index in [9.17, 15) is 18.5 Å². The van der Waals surface area contributed by atoms with Gasteiger partial charge in [-0.25, -0.2) is 8.42 Å². The van der Waals surface area contributed by atoms with E-state index in [0.29, 0.717) is 36.2 Å². The van der Waals surface area contributed by atoms with E-state index in [1.807, 2.05) is 0 Å². The number of sulfonamides is 1. The summed E-state index contributed by atoms with van der Waals surface area (Å²) in [5.74, 6) is 1.61. The van der Waals surface area contributed by atoms with Crippen LogP contribution < -0.4 is 14.8 Å². The van der Waals surface area contributed by atoms with Gasteiger partial charge >= 0.3 is 0 Å². The van der Waals surface area contributed by atoms with Crippen molar-refractivity contribution in [2.75, 3.05) is 25.2 Å². The Hall–Kier alpha value is -2.85. The van der Waals surface area contributed by atoms with Gasteiger partial charge in [0.05, 0.1) is 9.82 Å². The lowest BCUT2D eigenvalue weighted by molar-refractivity contribution is -0.384. The van der Waals surface area contributed by atoms with Crippen molar-refractivity contribution >= 4 is 27.1 Å². The number of nitro benzene ring substituents is 1. The van der Waals surface area contributed by atoms with Crippen molar-refractivity contribution in [1.29, 1.82) is 0 Å². The average molecular weight is 419 g/mol. The predicted molar refractivity (Wildman–Crippen MR) is 106 cm³/mol. The molecule has 0 aliphatic carbocycles. The van der Waals surface area contributed by atoms with Crippen molar-refractivity contribution in [1.82, 2.24) is 4.31 Å². The lowest BCUT2D eigenvalue weighted by atomic mass is 10.0. The number of hydrogen-bond acceptors (Lipinski definition) is 7. The normalized spacial score (nSPS) is 17.3. The Morgan fingerprint density at radius 2 is 1.83 bits per heavy atom. The number of piperidine rings is 1. The van der Waals surface area contributed by atoms with E-state index in [4.69, 9.17) is 9.47 Å². The summed E-state index contributed by atoms with van der Waals surface area (Å²) in [7, 11) is -3.77. The number of rotatable bonds is 5. The first-order chi connectivity index (χ1) is 13.8. The first kappa shape index (κ1) is 19.5. The zero-order valence-electron chi connectivity index (χ0n) is 15.8. The van der Waals surface area contributed by atoms with E-state index in [2.05, 4.69) is 12.2 Å². The third-order valence-electron chi connectivity index (χ3n) is 5.20. The second-order valence-electron chi connectivity index (χ2n) is 7.22. The minimum absolute atomic E-state index is 0.0741. The Balaban J connectivity index is 1.62. The van der Waals surface area contributed by atoms with Gasteiger partial charge in [-0.3, -0.25) is 10.1 Å². The SMILES string of the molecule is CC1CCN(S(=O)(=O)c2ccc(Nc3ccc4c(c3)OCO4)c([N+](=O)[O-])c2)CC1. The van der Waals surface area contributed by atoms with Crippen molar-refractivity contribution in [3.8, 4) is 11.5 Å². The van der Waals surface area contributed by atoms with Crippen molar-refractivity contribution in [3.05, 3.63) is 46.5 Å². The monoisotopic (exact) mass is 419 g/mol. The van der Waals surface area contributed by atoms with Gasteiger partial charge in [-0.2, -0.15) is 4.31 Å². The second-order valence-corrected chi connectivity index (χ2v) is 9.15. The number of nitrogens with zero attached hydrogens (tertiary/aromatic N) is 2. The molecule has 154 valence electrons. The third-order valence-corrected chi connectivity index (χ3v) is 7.09. The Morgan fingerprint density at radius 1 is 1.10 bits per heavy atom. The van der Waals surface area contributed by atoms with Crippen LogP contribution in [0.15, 0.2) is 41.3 Å². The van der Waals surface area contributed by atoms with Gasteiger partial charge in [0, 0.05) is 30.9 Å². The predicted octanol–water partition coefficient (Wildman–Crippen LogP) is 3.49. The largest absolute Gasteiger partial charge is 0.454 e. The highest BCUT2D eigenvalue weighted by atomic mass is 32.2. The zero-order valence-corrected chi connectivity index (χ0v) is 16.6. The van der Waals surface area contributed by atoms with E-state index in [1.54, 1.807) is 18.2 Å². The van der Waals surface area contributed by atoms with E-state index >= 15 is 0 Å². The molecule has 4 rings (SSSR count). The van der Waals surface area contributed by atoms with E-state index in [1.165, 1.54) is 16.4 Å². The van der Waals surface area contributed by atoms with E-state index in [0.717, 1.165) is 18.9 Å². The molecule has 1 N–H and O–H groups in total. The standard InChI is InChI=1S/C19H21N3O6S/c1-13-6-8-21(9-7-13)29(25,26)15-3-4-16(17(11-15)22(23)24)20-14-2-5-18-19(10-14)28-12-27-18/h2-5,10-11,13,20H,6-9,12H2,1H3. The molecule has 29 heavy (non-hydrogen) atoms. The maximum Gasteiger partial charge on any atom is 0.294 e. The first-order valence-corrected chi connectivity index (χ1v) is 10.7. The van der Waals surface area contributed by atoms with Crippen LogP contribution in [0.2, 0.25) is 0 Å². The van der Waals surface area contributed by atoms with Gasteiger partial charge in [-0.05, 0) is 43.0 Å². The maximum absolute atomic E-state index is 12.9. The van der Waals surface area contributed by atoms with Gasteiger partial charge in [0.15, 0.2) is 11.5 Å². The minimum atomic E-state index is -3.77. The van der Waals surface area contributed by atoms with Crippen LogP contribution in [0.25, 0.3) is 0 Å². The summed E-state index contributed by atoms with van der Waals surface area (Å²) in [4.78, 5) is 10.9. The van der Waals surface area contributed by atoms with Crippen LogP contribution in [0.1, 0.15) is 19.8 Å². The molecule has 1 saturated heterocycles. The van der Waals surface area contributed by atoms with Crippen LogP contribution >= 0.6 is 0 Å². The van der Waals surface area contributed by atoms with Gasteiger partial charge in [0.1, 0.15) is 5.69 Å². The van der Waals surface area contributed by atoms with Gasteiger partial charge in [0.25, 0.3) is 5.69 Å². The Morgan fingerprint density at radius 3 is 2.55 bits per heavy atom. The molecule has 1 fully saturated rings. The molecule has 0 spiro atoms. The number of anilines is 2. The van der Waals surface area contributed by atoms with Crippen LogP contribution in [-0.2, 0) is 10.0 Å². The highest BCUT2D eigenvalue weighted by molar-refractivity contribution is 7.89. The molecule has 2 aromatic carbocycles. The molecule has 0 radical (unpaired) electrons. The molecule has 9 nitrogen and oxygen atoms in total. The number of benzene rings is 2. The molecule has 2 heterocycles. The van der Waals surface area contributed by atoms with Crippen molar-refractivity contribution in [3.63, 3.8) is 0 Å². The summed E-state index contributed by atoms with van der Waals surface area (Å²) >= 11 is 0. The van der Waals surface area contributed by atoms with Crippen molar-refractivity contribution in [2.24, 2.45) is 5.92 Å². The summed E-state index contributed by atoms with van der Waals surface area (Å²) in [5, 5.41) is 14.6. The molecule has 0 bridgehead atoms. The smallest absolute Gasteiger partial charge is 0.294 e. The number of ether oxygens (including phenoxy) is 2. The van der Waals surface area contributed by atoms with Crippen molar-refractivity contribution < 1.29 is 22.8 Å². The van der Waals surface area contributed by atoms with Gasteiger partial charge in [-0.15, -0.1) is 0 Å². The fourth-order valence-corrected chi connectivity index (χ4v) is 4.92. The number of hydrogen-bond donors (Lipinski definition) is 1. The molecule has 0 unspecified atom stereocenters. The number of nitro groups is 1. The summed E-state index contributed by atoms with van der Waals surface area (Å²) in [6, 6.07) is 9.01. The van der Waals surface area contributed by atoms with Crippen LogP contribution in [0.3, 0.4) is 0 Å². The lowest BCUT2D eigenvalue weighted by Gasteiger charge is -2.29. The average Bonchev–Trinajstić information content (AvgIpc) is 3.16. The van der Waals surface area contributed by atoms with Crippen LogP contribution in [0, 0.1) is 16.0 Å². The van der Waals surface area contributed by atoms with E-state index in [-0.39, 0.29) is 23.1 Å². The van der Waals surface area contributed by atoms with E-state index < -0.39 is 14.9 Å². The Kier molecular flexibility index (Phi) is 5.05. The van der Waals surface area contributed by atoms with Gasteiger partial charge < -0.3 is 14.8 Å². The Labute approximate surface area is 168 Å². The second kappa shape index (κ2) is 7.53. The summed E-state index contributed by atoms with van der Waals surface area (Å²) < 4.78 is 37.8. The molecule has 10 heteroatoms. The summed E-state index contributed by atoms with van der Waals surface area (Å²) in [6.45, 7) is 3.06. The molecule has 0 saturated carbocycles. The fraction of sp³-hybridized carbons (Fsp3) is 0.368. The zero-order chi connectivity index (χ0) is 20.6. The first-order valence-electron chi connectivity index (χ1n) is 9.30. The highest BCUT2D eigenvalue weighted by Crippen LogP contribution is 2.37. The molecule has 0 amide bonds. The van der Waals surface area contributed by atoms with Crippen molar-refractivity contribution in [2.45, 2.75) is 24.7 Å². The number of nitrogens with one attached hydrogen (secondary N) is 1. The lowest BCUT2D eigenvalue weighted by Crippen LogP contribution is -2.37. The molecule has 2 aliphatic rings. The van der Waals surface area contributed by atoms with Crippen LogP contribution in [0.5, 0.6) is 11.5 Å². The molecular weight excluding hydrogens is 398 g/mol. The molecule has 2 aromatic rings. The molecular formula is C19H21N3O6S. The quantitative estimate of drug-likeness (QED) is 0.583. The van der Waals surface area contributed by atoms with Crippen LogP contribution in [-0.4, -0.2) is 37.5 Å².